The Morgan fingerprint density at radius 3 is 2.23 bits per heavy atom. The molecule has 0 saturated carbocycles. The van der Waals surface area contributed by atoms with Gasteiger partial charge in [0.05, 0.1) is 12.7 Å². The lowest BCUT2D eigenvalue weighted by Crippen LogP contribution is -2.34. The first-order valence-corrected chi connectivity index (χ1v) is 9.78. The maximum atomic E-state index is 13.2. The number of methoxy groups -OCH3 is 1. The first-order chi connectivity index (χ1) is 14.7. The van der Waals surface area contributed by atoms with E-state index in [1.807, 2.05) is 78.9 Å². The summed E-state index contributed by atoms with van der Waals surface area (Å²) >= 11 is 0. The SMILES string of the molecule is COc1cccc(NC2=C(c3ccccc3)C(=O)N(CCc3ccccc3)C2=O)c1. The Morgan fingerprint density at radius 2 is 1.53 bits per heavy atom. The molecule has 3 aromatic carbocycles. The molecule has 5 heteroatoms. The Hall–Kier alpha value is -3.86. The third-order valence-corrected chi connectivity index (χ3v) is 5.04. The molecule has 1 heterocycles. The summed E-state index contributed by atoms with van der Waals surface area (Å²) in [7, 11) is 1.59. The van der Waals surface area contributed by atoms with Crippen LogP contribution in [0.2, 0.25) is 0 Å². The van der Waals surface area contributed by atoms with Crippen molar-refractivity contribution in [1.82, 2.24) is 4.90 Å². The van der Waals surface area contributed by atoms with Crippen LogP contribution in [0.15, 0.2) is 90.6 Å². The van der Waals surface area contributed by atoms with Crippen LogP contribution in [-0.4, -0.2) is 30.4 Å². The van der Waals surface area contributed by atoms with Crippen LogP contribution in [0.3, 0.4) is 0 Å². The van der Waals surface area contributed by atoms with E-state index in [1.165, 1.54) is 4.90 Å². The van der Waals surface area contributed by atoms with Gasteiger partial charge in [-0.1, -0.05) is 66.7 Å². The molecule has 1 aliphatic rings. The van der Waals surface area contributed by atoms with Gasteiger partial charge < -0.3 is 10.1 Å². The van der Waals surface area contributed by atoms with Crippen molar-refractivity contribution >= 4 is 23.1 Å². The second-order valence-corrected chi connectivity index (χ2v) is 6.97. The number of benzene rings is 3. The molecule has 4 rings (SSSR count). The molecule has 30 heavy (non-hydrogen) atoms. The highest BCUT2D eigenvalue weighted by atomic mass is 16.5. The Labute approximate surface area is 175 Å². The molecule has 0 fully saturated rings. The largest absolute Gasteiger partial charge is 0.497 e. The molecule has 0 saturated heterocycles. The van der Waals surface area contributed by atoms with Crippen molar-refractivity contribution in [3.8, 4) is 5.75 Å². The molecule has 0 bridgehead atoms. The third kappa shape index (κ3) is 3.96. The number of ether oxygens (including phenoxy) is 1. The Bertz CT molecular complexity index is 1090. The van der Waals surface area contributed by atoms with E-state index in [9.17, 15) is 9.59 Å². The van der Waals surface area contributed by atoms with Gasteiger partial charge in [-0.05, 0) is 29.7 Å². The number of nitrogens with one attached hydrogen (secondary N) is 1. The normalized spacial score (nSPS) is 13.7. The molecular weight excluding hydrogens is 376 g/mol. The number of carbonyl (C=O) groups excluding carboxylic acids is 2. The van der Waals surface area contributed by atoms with Crippen LogP contribution in [0, 0.1) is 0 Å². The van der Waals surface area contributed by atoms with Crippen LogP contribution in [-0.2, 0) is 16.0 Å². The fourth-order valence-electron chi connectivity index (χ4n) is 3.50. The van der Waals surface area contributed by atoms with Gasteiger partial charge in [-0.3, -0.25) is 14.5 Å². The molecule has 0 aliphatic carbocycles. The summed E-state index contributed by atoms with van der Waals surface area (Å²) < 4.78 is 5.27. The van der Waals surface area contributed by atoms with Gasteiger partial charge in [0, 0.05) is 18.3 Å². The average molecular weight is 398 g/mol. The monoisotopic (exact) mass is 398 g/mol. The van der Waals surface area contributed by atoms with Crippen molar-refractivity contribution in [2.75, 3.05) is 19.0 Å². The number of rotatable bonds is 7. The topological polar surface area (TPSA) is 58.6 Å². The maximum absolute atomic E-state index is 13.2. The molecule has 0 aromatic heterocycles. The van der Waals surface area contributed by atoms with Crippen LogP contribution in [0.4, 0.5) is 5.69 Å². The van der Waals surface area contributed by atoms with Crippen molar-refractivity contribution in [1.29, 1.82) is 0 Å². The molecule has 0 unspecified atom stereocenters. The molecule has 3 aromatic rings. The number of hydrogen-bond acceptors (Lipinski definition) is 4. The predicted molar refractivity (Wildman–Crippen MR) is 117 cm³/mol. The number of carbonyl (C=O) groups is 2. The van der Waals surface area contributed by atoms with Crippen LogP contribution in [0.1, 0.15) is 11.1 Å². The van der Waals surface area contributed by atoms with Crippen molar-refractivity contribution < 1.29 is 14.3 Å². The van der Waals surface area contributed by atoms with Crippen molar-refractivity contribution in [2.45, 2.75) is 6.42 Å². The molecule has 2 amide bonds. The zero-order valence-corrected chi connectivity index (χ0v) is 16.7. The smallest absolute Gasteiger partial charge is 0.278 e. The lowest BCUT2D eigenvalue weighted by molar-refractivity contribution is -0.136. The van der Waals surface area contributed by atoms with Gasteiger partial charge >= 0.3 is 0 Å². The van der Waals surface area contributed by atoms with Gasteiger partial charge in [0.15, 0.2) is 0 Å². The van der Waals surface area contributed by atoms with Crippen LogP contribution in [0.5, 0.6) is 5.75 Å². The quantitative estimate of drug-likeness (QED) is 0.608. The van der Waals surface area contributed by atoms with Crippen molar-refractivity contribution in [2.24, 2.45) is 0 Å². The Morgan fingerprint density at radius 1 is 0.833 bits per heavy atom. The minimum atomic E-state index is -0.322. The maximum Gasteiger partial charge on any atom is 0.278 e. The number of anilines is 1. The number of imide groups is 1. The van der Waals surface area contributed by atoms with Gasteiger partial charge in [-0.15, -0.1) is 0 Å². The van der Waals surface area contributed by atoms with Crippen LogP contribution in [0.25, 0.3) is 5.57 Å². The number of nitrogens with zero attached hydrogens (tertiary/aromatic N) is 1. The average Bonchev–Trinajstić information content (AvgIpc) is 3.02. The summed E-state index contributed by atoms with van der Waals surface area (Å²) in [6, 6.07) is 26.4. The van der Waals surface area contributed by atoms with E-state index in [4.69, 9.17) is 4.74 Å². The molecular formula is C25H22N2O3. The van der Waals surface area contributed by atoms with Crippen LogP contribution < -0.4 is 10.1 Å². The summed E-state index contributed by atoms with van der Waals surface area (Å²) in [4.78, 5) is 27.8. The zero-order chi connectivity index (χ0) is 20.9. The van der Waals surface area contributed by atoms with Crippen molar-refractivity contribution in [3.05, 3.63) is 102 Å². The van der Waals surface area contributed by atoms with Gasteiger partial charge in [0.25, 0.3) is 11.8 Å². The molecule has 0 radical (unpaired) electrons. The second-order valence-electron chi connectivity index (χ2n) is 6.97. The first kappa shape index (κ1) is 19.5. The Kier molecular flexibility index (Phi) is 5.61. The summed E-state index contributed by atoms with van der Waals surface area (Å²) in [5.41, 5.74) is 3.14. The third-order valence-electron chi connectivity index (χ3n) is 5.04. The molecule has 1 aliphatic heterocycles. The molecule has 5 nitrogen and oxygen atoms in total. The summed E-state index contributed by atoms with van der Waals surface area (Å²) in [6.45, 7) is 0.321. The number of hydrogen-bond donors (Lipinski definition) is 1. The van der Waals surface area contributed by atoms with E-state index in [0.717, 1.165) is 5.56 Å². The highest BCUT2D eigenvalue weighted by Crippen LogP contribution is 2.31. The highest BCUT2D eigenvalue weighted by molar-refractivity contribution is 6.36. The van der Waals surface area contributed by atoms with Crippen molar-refractivity contribution in [3.63, 3.8) is 0 Å². The van der Waals surface area contributed by atoms with E-state index < -0.39 is 0 Å². The second kappa shape index (κ2) is 8.66. The minimum absolute atomic E-state index is 0.285. The predicted octanol–water partition coefficient (Wildman–Crippen LogP) is 4.13. The van der Waals surface area contributed by atoms with E-state index in [1.54, 1.807) is 13.2 Å². The van der Waals surface area contributed by atoms with E-state index in [-0.39, 0.29) is 17.5 Å². The van der Waals surface area contributed by atoms with Crippen LogP contribution >= 0.6 is 0 Å². The standard InChI is InChI=1S/C25H22N2O3/c1-30-21-14-8-13-20(17-21)26-23-22(19-11-6-3-7-12-19)24(28)27(25(23)29)16-15-18-9-4-2-5-10-18/h2-14,17,26H,15-16H2,1H3. The lowest BCUT2D eigenvalue weighted by atomic mass is 10.0. The highest BCUT2D eigenvalue weighted by Gasteiger charge is 2.38. The fourth-order valence-corrected chi connectivity index (χ4v) is 3.50. The summed E-state index contributed by atoms with van der Waals surface area (Å²) in [6.07, 6.45) is 0.604. The number of amides is 2. The lowest BCUT2D eigenvalue weighted by Gasteiger charge is -2.15. The van der Waals surface area contributed by atoms with Gasteiger partial charge in [-0.2, -0.15) is 0 Å². The summed E-state index contributed by atoms with van der Waals surface area (Å²) in [5, 5.41) is 3.16. The van der Waals surface area contributed by atoms with E-state index in [0.29, 0.717) is 35.5 Å². The molecule has 150 valence electrons. The van der Waals surface area contributed by atoms with Gasteiger partial charge in [0.1, 0.15) is 11.4 Å². The molecule has 0 atom stereocenters. The van der Waals surface area contributed by atoms with E-state index >= 15 is 0 Å². The fraction of sp³-hybridized carbons (Fsp3) is 0.120. The molecule has 0 spiro atoms. The Balaban J connectivity index is 1.66. The van der Waals surface area contributed by atoms with Gasteiger partial charge in [0.2, 0.25) is 0 Å². The zero-order valence-electron chi connectivity index (χ0n) is 16.7. The van der Waals surface area contributed by atoms with E-state index in [2.05, 4.69) is 5.32 Å². The van der Waals surface area contributed by atoms with Gasteiger partial charge in [-0.25, -0.2) is 0 Å². The minimum Gasteiger partial charge on any atom is -0.497 e. The summed E-state index contributed by atoms with van der Waals surface area (Å²) in [5.74, 6) is 0.0599. The first-order valence-electron chi connectivity index (χ1n) is 9.78. The molecule has 1 N–H and O–H groups in total.